The predicted octanol–water partition coefficient (Wildman–Crippen LogP) is 13.2. The largest absolute Gasteiger partial charge is 0.310 e. The summed E-state index contributed by atoms with van der Waals surface area (Å²) >= 11 is 0. The molecule has 0 saturated heterocycles. The van der Waals surface area contributed by atoms with Crippen LogP contribution in [0.4, 0.5) is 17.1 Å². The van der Waals surface area contributed by atoms with Crippen LogP contribution in [-0.2, 0) is 5.41 Å². The lowest BCUT2D eigenvalue weighted by Crippen LogP contribution is -2.11. The van der Waals surface area contributed by atoms with E-state index in [0.717, 1.165) is 17.1 Å². The summed E-state index contributed by atoms with van der Waals surface area (Å²) in [5, 5.41) is 7.61. The van der Waals surface area contributed by atoms with Crippen LogP contribution in [0.15, 0.2) is 170 Å². The van der Waals surface area contributed by atoms with Crippen molar-refractivity contribution < 1.29 is 0 Å². The van der Waals surface area contributed by atoms with Gasteiger partial charge in [-0.05, 0) is 108 Å². The fourth-order valence-electron chi connectivity index (χ4n) is 6.80. The van der Waals surface area contributed by atoms with Gasteiger partial charge >= 0.3 is 0 Å². The Bertz CT molecular complexity index is 2360. The molecule has 8 aromatic rings. The van der Waals surface area contributed by atoms with Gasteiger partial charge in [-0.3, -0.25) is 0 Å². The van der Waals surface area contributed by atoms with Crippen molar-refractivity contribution in [3.8, 4) is 22.3 Å². The van der Waals surface area contributed by atoms with Crippen LogP contribution in [0.25, 0.3) is 54.6 Å². The zero-order valence-electron chi connectivity index (χ0n) is 27.1. The third kappa shape index (κ3) is 5.45. The van der Waals surface area contributed by atoms with Crippen molar-refractivity contribution >= 4 is 49.4 Å². The minimum atomic E-state index is 0.109. The monoisotopic (exact) mass is 603 g/mol. The van der Waals surface area contributed by atoms with Crippen molar-refractivity contribution in [1.82, 2.24) is 0 Å². The molecule has 0 aliphatic rings. The van der Waals surface area contributed by atoms with Crippen LogP contribution in [0.3, 0.4) is 0 Å². The SMILES string of the molecule is CC(C)(C)c1ccc2cc(N(c3ccc(-c4ccccc4)cc3)c3ccc(-c4cc5ccccc5c5ccccc45)cc3)ccc2c1. The van der Waals surface area contributed by atoms with Gasteiger partial charge in [-0.25, -0.2) is 0 Å². The maximum Gasteiger partial charge on any atom is 0.0468 e. The average molecular weight is 604 g/mol. The molecule has 8 aromatic carbocycles. The molecule has 0 amide bonds. The van der Waals surface area contributed by atoms with E-state index in [1.807, 2.05) is 0 Å². The second-order valence-corrected chi connectivity index (χ2v) is 13.5. The van der Waals surface area contributed by atoms with Gasteiger partial charge in [-0.1, -0.05) is 148 Å². The highest BCUT2D eigenvalue weighted by Gasteiger charge is 2.17. The van der Waals surface area contributed by atoms with Gasteiger partial charge in [0.05, 0.1) is 0 Å². The molecule has 0 bridgehead atoms. The molecule has 0 heterocycles. The molecule has 0 atom stereocenters. The van der Waals surface area contributed by atoms with Gasteiger partial charge in [0.15, 0.2) is 0 Å². The van der Waals surface area contributed by atoms with Crippen LogP contribution in [0.5, 0.6) is 0 Å². The van der Waals surface area contributed by atoms with Gasteiger partial charge < -0.3 is 4.90 Å². The number of anilines is 3. The first-order valence-electron chi connectivity index (χ1n) is 16.4. The van der Waals surface area contributed by atoms with Crippen molar-refractivity contribution in [2.75, 3.05) is 4.90 Å². The first-order chi connectivity index (χ1) is 22.9. The molecule has 0 aliphatic heterocycles. The molecule has 1 nitrogen and oxygen atoms in total. The normalized spacial score (nSPS) is 11.7. The standard InChI is InChI=1S/C46H37N/c1-46(2,3)38-23-17-36-30-41(28-22-35(36)29-38)47(39-24-18-33(19-25-39)32-11-5-4-6-12-32)40-26-20-34(21-27-40)45-31-37-13-7-8-14-42(37)43-15-9-10-16-44(43)45/h4-31H,1-3H3. The molecule has 0 saturated carbocycles. The zero-order valence-corrected chi connectivity index (χ0v) is 27.1. The van der Waals surface area contributed by atoms with E-state index in [1.165, 1.54) is 60.1 Å². The van der Waals surface area contributed by atoms with Gasteiger partial charge in [0.1, 0.15) is 0 Å². The molecule has 8 rings (SSSR count). The number of nitrogens with zero attached hydrogens (tertiary/aromatic N) is 1. The Morgan fingerprint density at radius 3 is 1.60 bits per heavy atom. The van der Waals surface area contributed by atoms with Crippen molar-refractivity contribution in [3.63, 3.8) is 0 Å². The highest BCUT2D eigenvalue weighted by molar-refractivity contribution is 6.13. The Kier molecular flexibility index (Phi) is 7.11. The smallest absolute Gasteiger partial charge is 0.0468 e. The summed E-state index contributed by atoms with van der Waals surface area (Å²) in [5.41, 5.74) is 9.74. The fraction of sp³-hybridized carbons (Fsp3) is 0.0870. The van der Waals surface area contributed by atoms with Gasteiger partial charge in [0.25, 0.3) is 0 Å². The van der Waals surface area contributed by atoms with E-state index in [4.69, 9.17) is 0 Å². The Morgan fingerprint density at radius 1 is 0.362 bits per heavy atom. The maximum atomic E-state index is 2.37. The van der Waals surface area contributed by atoms with E-state index in [9.17, 15) is 0 Å². The fourth-order valence-corrected chi connectivity index (χ4v) is 6.80. The minimum absolute atomic E-state index is 0.109. The topological polar surface area (TPSA) is 3.24 Å². The molecular weight excluding hydrogens is 567 g/mol. The molecule has 1 heteroatoms. The molecule has 0 unspecified atom stereocenters. The van der Waals surface area contributed by atoms with E-state index < -0.39 is 0 Å². The predicted molar refractivity (Wildman–Crippen MR) is 203 cm³/mol. The lowest BCUT2D eigenvalue weighted by Gasteiger charge is -2.27. The number of fused-ring (bicyclic) bond motifs is 4. The van der Waals surface area contributed by atoms with Crippen molar-refractivity contribution in [3.05, 3.63) is 175 Å². The Labute approximate surface area is 277 Å². The zero-order chi connectivity index (χ0) is 32.0. The molecule has 0 aromatic heterocycles. The van der Waals surface area contributed by atoms with Crippen LogP contribution < -0.4 is 4.90 Å². The number of hydrogen-bond acceptors (Lipinski definition) is 1. The summed E-state index contributed by atoms with van der Waals surface area (Å²) in [7, 11) is 0. The van der Waals surface area contributed by atoms with E-state index in [-0.39, 0.29) is 5.41 Å². The molecule has 0 fully saturated rings. The summed E-state index contributed by atoms with van der Waals surface area (Å²) in [6, 6.07) is 62.0. The maximum absolute atomic E-state index is 2.37. The van der Waals surface area contributed by atoms with Crippen molar-refractivity contribution in [2.24, 2.45) is 0 Å². The van der Waals surface area contributed by atoms with Crippen molar-refractivity contribution in [1.29, 1.82) is 0 Å². The summed E-state index contributed by atoms with van der Waals surface area (Å²) in [6.07, 6.45) is 0. The quantitative estimate of drug-likeness (QED) is 0.177. The second-order valence-electron chi connectivity index (χ2n) is 13.5. The molecule has 0 N–H and O–H groups in total. The van der Waals surface area contributed by atoms with Gasteiger partial charge in [-0.2, -0.15) is 0 Å². The molecule has 0 aliphatic carbocycles. The van der Waals surface area contributed by atoms with E-state index in [1.54, 1.807) is 0 Å². The third-order valence-electron chi connectivity index (χ3n) is 9.39. The minimum Gasteiger partial charge on any atom is -0.310 e. The summed E-state index contributed by atoms with van der Waals surface area (Å²) < 4.78 is 0. The first kappa shape index (κ1) is 28.8. The Hall–Kier alpha value is -5.66. The van der Waals surface area contributed by atoms with Crippen LogP contribution in [0, 0.1) is 0 Å². The lowest BCUT2D eigenvalue weighted by atomic mass is 9.86. The highest BCUT2D eigenvalue weighted by atomic mass is 15.1. The first-order valence-corrected chi connectivity index (χ1v) is 16.4. The molecule has 226 valence electrons. The number of rotatable bonds is 5. The Balaban J connectivity index is 1.24. The van der Waals surface area contributed by atoms with E-state index in [0.29, 0.717) is 0 Å². The summed E-state index contributed by atoms with van der Waals surface area (Å²) in [5.74, 6) is 0. The highest BCUT2D eigenvalue weighted by Crippen LogP contribution is 2.40. The number of hydrogen-bond donors (Lipinski definition) is 0. The van der Waals surface area contributed by atoms with Crippen molar-refractivity contribution in [2.45, 2.75) is 26.2 Å². The molecule has 47 heavy (non-hydrogen) atoms. The van der Waals surface area contributed by atoms with Crippen LogP contribution >= 0.6 is 0 Å². The van der Waals surface area contributed by atoms with Crippen LogP contribution in [0.1, 0.15) is 26.3 Å². The van der Waals surface area contributed by atoms with Gasteiger partial charge in [0, 0.05) is 17.1 Å². The van der Waals surface area contributed by atoms with E-state index in [2.05, 4.69) is 196 Å². The summed E-state index contributed by atoms with van der Waals surface area (Å²) in [4.78, 5) is 2.37. The molecule has 0 spiro atoms. The number of benzene rings is 8. The van der Waals surface area contributed by atoms with Gasteiger partial charge in [-0.15, -0.1) is 0 Å². The van der Waals surface area contributed by atoms with Gasteiger partial charge in [0.2, 0.25) is 0 Å². The van der Waals surface area contributed by atoms with Crippen LogP contribution in [-0.4, -0.2) is 0 Å². The lowest BCUT2D eigenvalue weighted by molar-refractivity contribution is 0.591. The molecular formula is C46H37N. The third-order valence-corrected chi connectivity index (χ3v) is 9.39. The second kappa shape index (κ2) is 11.6. The average Bonchev–Trinajstić information content (AvgIpc) is 3.12. The summed E-state index contributed by atoms with van der Waals surface area (Å²) in [6.45, 7) is 6.81. The van der Waals surface area contributed by atoms with E-state index >= 15 is 0 Å². The molecule has 0 radical (unpaired) electrons. The Morgan fingerprint density at radius 2 is 0.894 bits per heavy atom. The van der Waals surface area contributed by atoms with Crippen LogP contribution in [0.2, 0.25) is 0 Å².